The van der Waals surface area contributed by atoms with E-state index in [4.69, 9.17) is 16.7 Å². The van der Waals surface area contributed by atoms with Gasteiger partial charge in [-0.05, 0) is 25.1 Å². The van der Waals surface area contributed by atoms with Crippen molar-refractivity contribution in [2.45, 2.75) is 6.92 Å². The predicted molar refractivity (Wildman–Crippen MR) is 103 cm³/mol. The van der Waals surface area contributed by atoms with Crippen molar-refractivity contribution in [3.8, 4) is 22.5 Å². The highest BCUT2D eigenvalue weighted by molar-refractivity contribution is 6.33. The Bertz CT molecular complexity index is 1240. The molecule has 2 N–H and O–H groups in total. The third kappa shape index (κ3) is 2.90. The fraction of sp³-hybridized carbons (Fsp3) is 0.0500. The van der Waals surface area contributed by atoms with Gasteiger partial charge in [-0.25, -0.2) is 14.3 Å². The molecule has 27 heavy (non-hydrogen) atoms. The van der Waals surface area contributed by atoms with Gasteiger partial charge < -0.3 is 5.11 Å². The van der Waals surface area contributed by atoms with Gasteiger partial charge in [0.2, 0.25) is 0 Å². The van der Waals surface area contributed by atoms with Gasteiger partial charge in [0.05, 0.1) is 17.0 Å². The first-order valence-electron chi connectivity index (χ1n) is 8.16. The van der Waals surface area contributed by atoms with E-state index >= 15 is 0 Å². The summed E-state index contributed by atoms with van der Waals surface area (Å²) in [6.45, 7) is 1.87. The van der Waals surface area contributed by atoms with Crippen molar-refractivity contribution in [2.75, 3.05) is 0 Å². The van der Waals surface area contributed by atoms with Crippen molar-refractivity contribution in [1.82, 2.24) is 14.6 Å². The number of benzene rings is 2. The zero-order chi connectivity index (χ0) is 19.1. The third-order valence-corrected chi connectivity index (χ3v) is 4.75. The largest absolute Gasteiger partial charge is 0.478 e. The van der Waals surface area contributed by atoms with Crippen LogP contribution in [0.25, 0.3) is 28.2 Å². The predicted octanol–water partition coefficient (Wildman–Crippen LogP) is 4.02. The molecule has 0 unspecified atom stereocenters. The molecule has 4 aromatic rings. The number of H-pyrrole nitrogens is 1. The maximum Gasteiger partial charge on any atom is 0.335 e. The van der Waals surface area contributed by atoms with E-state index in [0.717, 1.165) is 16.8 Å². The fourth-order valence-corrected chi connectivity index (χ4v) is 3.24. The molecule has 2 aromatic heterocycles. The minimum atomic E-state index is -1.00. The summed E-state index contributed by atoms with van der Waals surface area (Å²) in [6, 6.07) is 15.0. The number of hydrogen-bond donors (Lipinski definition) is 2. The molecule has 0 atom stereocenters. The van der Waals surface area contributed by atoms with Crippen LogP contribution in [-0.2, 0) is 0 Å². The number of fused-ring (bicyclic) bond motifs is 1. The molecule has 0 aliphatic carbocycles. The third-order valence-electron chi connectivity index (χ3n) is 4.42. The molecule has 0 saturated heterocycles. The summed E-state index contributed by atoms with van der Waals surface area (Å²) in [5.74, 6) is -1.00. The van der Waals surface area contributed by atoms with Crippen molar-refractivity contribution < 1.29 is 9.90 Å². The van der Waals surface area contributed by atoms with Crippen LogP contribution in [0.5, 0.6) is 0 Å². The molecule has 0 spiro atoms. The van der Waals surface area contributed by atoms with Crippen molar-refractivity contribution in [1.29, 1.82) is 0 Å². The highest BCUT2D eigenvalue weighted by atomic mass is 35.5. The summed E-state index contributed by atoms with van der Waals surface area (Å²) in [6.07, 6.45) is 0. The molecule has 7 heteroatoms. The Balaban J connectivity index is 1.89. The minimum Gasteiger partial charge on any atom is -0.478 e. The second-order valence-corrected chi connectivity index (χ2v) is 6.52. The molecule has 2 aromatic carbocycles. The van der Waals surface area contributed by atoms with Crippen molar-refractivity contribution in [3.05, 3.63) is 81.1 Å². The molecule has 0 bridgehead atoms. The van der Waals surface area contributed by atoms with Crippen molar-refractivity contribution >= 4 is 23.2 Å². The first-order chi connectivity index (χ1) is 13.0. The van der Waals surface area contributed by atoms with E-state index in [1.165, 1.54) is 22.7 Å². The number of carboxylic acid groups (broad SMARTS) is 1. The van der Waals surface area contributed by atoms with Crippen LogP contribution >= 0.6 is 11.6 Å². The molecule has 0 radical (unpaired) electrons. The van der Waals surface area contributed by atoms with E-state index < -0.39 is 5.97 Å². The summed E-state index contributed by atoms with van der Waals surface area (Å²) < 4.78 is 1.38. The molecule has 4 rings (SSSR count). The Labute approximate surface area is 158 Å². The number of aromatic amines is 1. The average molecular weight is 380 g/mol. The van der Waals surface area contributed by atoms with Gasteiger partial charge in [0, 0.05) is 27.8 Å². The fourth-order valence-electron chi connectivity index (χ4n) is 3.01. The normalized spacial score (nSPS) is 11.0. The maximum atomic E-state index is 12.6. The van der Waals surface area contributed by atoms with Crippen LogP contribution in [0.2, 0.25) is 5.02 Å². The van der Waals surface area contributed by atoms with Gasteiger partial charge in [-0.1, -0.05) is 41.9 Å². The molecule has 2 heterocycles. The summed E-state index contributed by atoms with van der Waals surface area (Å²) in [5.41, 5.74) is 3.86. The number of aromatic carboxylic acids is 1. The van der Waals surface area contributed by atoms with Crippen LogP contribution in [0.15, 0.2) is 59.4 Å². The SMILES string of the molecule is Cc1c(-c2ccccc2Cl)[nH]n2c(=O)cc(-c3ccc(C(=O)O)cc3)nc12. The lowest BCUT2D eigenvalue weighted by Crippen LogP contribution is -2.14. The quantitative estimate of drug-likeness (QED) is 0.563. The van der Waals surface area contributed by atoms with Crippen LogP contribution in [0, 0.1) is 6.92 Å². The number of carboxylic acids is 1. The number of hydrogen-bond acceptors (Lipinski definition) is 3. The van der Waals surface area contributed by atoms with Gasteiger partial charge in [-0.15, -0.1) is 0 Å². The number of carbonyl (C=O) groups is 1. The topological polar surface area (TPSA) is 87.5 Å². The van der Waals surface area contributed by atoms with E-state index in [1.54, 1.807) is 18.2 Å². The first-order valence-corrected chi connectivity index (χ1v) is 8.54. The number of aryl methyl sites for hydroxylation is 1. The number of nitrogens with one attached hydrogen (secondary N) is 1. The monoisotopic (exact) mass is 379 g/mol. The summed E-state index contributed by atoms with van der Waals surface area (Å²) in [4.78, 5) is 28.2. The van der Waals surface area contributed by atoms with Crippen molar-refractivity contribution in [3.63, 3.8) is 0 Å². The number of rotatable bonds is 3. The minimum absolute atomic E-state index is 0.176. The van der Waals surface area contributed by atoms with Crippen LogP contribution in [-0.4, -0.2) is 25.7 Å². The Morgan fingerprint density at radius 1 is 1.15 bits per heavy atom. The van der Waals surface area contributed by atoms with Gasteiger partial charge >= 0.3 is 5.97 Å². The van der Waals surface area contributed by atoms with Gasteiger partial charge in [-0.2, -0.15) is 0 Å². The van der Waals surface area contributed by atoms with Gasteiger partial charge in [0.1, 0.15) is 0 Å². The Kier molecular flexibility index (Phi) is 4.05. The Morgan fingerprint density at radius 2 is 1.85 bits per heavy atom. The summed E-state index contributed by atoms with van der Waals surface area (Å²) in [5, 5.41) is 12.7. The lowest BCUT2D eigenvalue weighted by atomic mass is 10.1. The lowest BCUT2D eigenvalue weighted by Gasteiger charge is -2.02. The van der Waals surface area contributed by atoms with Gasteiger partial charge in [0.25, 0.3) is 5.56 Å². The number of aromatic nitrogens is 3. The van der Waals surface area contributed by atoms with Crippen LogP contribution in [0.1, 0.15) is 15.9 Å². The molecule has 134 valence electrons. The standard InChI is InChI=1S/C20H14ClN3O3/c1-11-18(14-4-2-3-5-15(14)21)23-24-17(25)10-16(22-19(11)24)12-6-8-13(9-7-12)20(26)27/h2-10,23H,1H3,(H,26,27). The molecule has 0 aliphatic heterocycles. The smallest absolute Gasteiger partial charge is 0.335 e. The highest BCUT2D eigenvalue weighted by Crippen LogP contribution is 2.30. The molecule has 0 amide bonds. The van der Waals surface area contributed by atoms with Crippen LogP contribution < -0.4 is 5.56 Å². The molecule has 0 fully saturated rings. The maximum absolute atomic E-state index is 12.6. The molecule has 6 nitrogen and oxygen atoms in total. The Hall–Kier alpha value is -3.38. The first kappa shape index (κ1) is 17.1. The lowest BCUT2D eigenvalue weighted by molar-refractivity contribution is 0.0697. The molecule has 0 aliphatic rings. The number of nitrogens with zero attached hydrogens (tertiary/aromatic N) is 2. The second kappa shape index (κ2) is 6.41. The second-order valence-electron chi connectivity index (χ2n) is 6.11. The van der Waals surface area contributed by atoms with Gasteiger partial charge in [-0.3, -0.25) is 9.89 Å². The zero-order valence-electron chi connectivity index (χ0n) is 14.2. The number of halogens is 1. The van der Waals surface area contributed by atoms with E-state index in [2.05, 4.69) is 10.1 Å². The van der Waals surface area contributed by atoms with E-state index in [-0.39, 0.29) is 11.1 Å². The van der Waals surface area contributed by atoms with Gasteiger partial charge in [0.15, 0.2) is 5.65 Å². The van der Waals surface area contributed by atoms with E-state index in [0.29, 0.717) is 21.9 Å². The average Bonchev–Trinajstić information content (AvgIpc) is 2.99. The van der Waals surface area contributed by atoms with Crippen molar-refractivity contribution in [2.24, 2.45) is 0 Å². The highest BCUT2D eigenvalue weighted by Gasteiger charge is 2.16. The van der Waals surface area contributed by atoms with Crippen LogP contribution in [0.3, 0.4) is 0 Å². The summed E-state index contributed by atoms with van der Waals surface area (Å²) >= 11 is 6.29. The van der Waals surface area contributed by atoms with Crippen LogP contribution in [0.4, 0.5) is 0 Å². The molecule has 0 saturated carbocycles. The summed E-state index contributed by atoms with van der Waals surface area (Å²) in [7, 11) is 0. The molecular weight excluding hydrogens is 366 g/mol. The Morgan fingerprint density at radius 3 is 2.52 bits per heavy atom. The molecular formula is C20H14ClN3O3. The van der Waals surface area contributed by atoms with E-state index in [9.17, 15) is 9.59 Å². The zero-order valence-corrected chi connectivity index (χ0v) is 15.0. The van der Waals surface area contributed by atoms with E-state index in [1.807, 2.05) is 25.1 Å².